The second kappa shape index (κ2) is 7.31. The number of aliphatic hydroxyl groups excluding tert-OH is 2. The van der Waals surface area contributed by atoms with Gasteiger partial charge in [0.05, 0.1) is 16.8 Å². The molecule has 0 atom stereocenters. The Kier molecular flexibility index (Phi) is 4.65. The van der Waals surface area contributed by atoms with Crippen molar-refractivity contribution in [3.63, 3.8) is 0 Å². The Hall–Kier alpha value is -2.23. The van der Waals surface area contributed by atoms with Crippen LogP contribution in [0.15, 0.2) is 12.1 Å². The van der Waals surface area contributed by atoms with Crippen LogP contribution in [-0.2, 0) is 6.61 Å². The minimum absolute atomic E-state index is 0.00801. The van der Waals surface area contributed by atoms with Crippen LogP contribution in [0.4, 0.5) is 17.6 Å². The molecule has 8 nitrogen and oxygen atoms in total. The summed E-state index contributed by atoms with van der Waals surface area (Å²) in [5, 5.41) is 29.8. The van der Waals surface area contributed by atoms with Gasteiger partial charge < -0.3 is 20.4 Å². The second-order valence-corrected chi connectivity index (χ2v) is 8.81. The zero-order chi connectivity index (χ0) is 19.1. The van der Waals surface area contributed by atoms with Gasteiger partial charge in [0.25, 0.3) is 0 Å². The second-order valence-electron chi connectivity index (χ2n) is 7.68. The van der Waals surface area contributed by atoms with Crippen LogP contribution in [0.3, 0.4) is 0 Å². The number of hydrogen-bond donors (Lipinski definition) is 4. The number of nitrogens with zero attached hydrogens (tertiary/aromatic N) is 4. The van der Waals surface area contributed by atoms with E-state index < -0.39 is 0 Å². The van der Waals surface area contributed by atoms with Crippen molar-refractivity contribution in [2.45, 2.75) is 38.2 Å². The van der Waals surface area contributed by atoms with Gasteiger partial charge in [-0.1, -0.05) is 0 Å². The molecule has 9 heteroatoms. The summed E-state index contributed by atoms with van der Waals surface area (Å²) in [5.41, 5.74) is 2.00. The zero-order valence-corrected chi connectivity index (χ0v) is 16.4. The number of rotatable bonds is 6. The Morgan fingerprint density at radius 3 is 2.68 bits per heavy atom. The summed E-state index contributed by atoms with van der Waals surface area (Å²) in [7, 11) is 0. The van der Waals surface area contributed by atoms with Crippen molar-refractivity contribution in [2.24, 2.45) is 5.92 Å². The lowest BCUT2D eigenvalue weighted by molar-refractivity contribution is 0.202. The van der Waals surface area contributed by atoms with Crippen LogP contribution in [-0.4, -0.2) is 50.1 Å². The Labute approximate surface area is 166 Å². The van der Waals surface area contributed by atoms with E-state index in [0.717, 1.165) is 52.7 Å². The third-order valence-corrected chi connectivity index (χ3v) is 6.70. The lowest BCUT2D eigenvalue weighted by Gasteiger charge is -2.31. The molecule has 0 bridgehead atoms. The molecule has 3 aromatic rings. The van der Waals surface area contributed by atoms with Gasteiger partial charge in [0.2, 0.25) is 5.95 Å². The molecule has 4 N–H and O–H groups in total. The third kappa shape index (κ3) is 3.45. The Bertz CT molecular complexity index is 974. The molecule has 1 saturated carbocycles. The van der Waals surface area contributed by atoms with Crippen molar-refractivity contribution in [3.05, 3.63) is 22.7 Å². The maximum Gasteiger partial charge on any atom is 0.227 e. The summed E-state index contributed by atoms with van der Waals surface area (Å²) in [5.74, 6) is 3.14. The van der Waals surface area contributed by atoms with Gasteiger partial charge >= 0.3 is 0 Å². The van der Waals surface area contributed by atoms with Crippen LogP contribution in [0.2, 0.25) is 0 Å². The number of H-pyrrole nitrogens is 1. The van der Waals surface area contributed by atoms with Crippen LogP contribution in [0.5, 0.6) is 0 Å². The molecule has 0 aromatic carbocycles. The lowest BCUT2D eigenvalue weighted by Crippen LogP contribution is -2.35. The molecule has 1 aliphatic heterocycles. The molecular weight excluding hydrogens is 376 g/mol. The average Bonchev–Trinajstić information content (AvgIpc) is 3.32. The summed E-state index contributed by atoms with van der Waals surface area (Å²) in [6.07, 6.45) is 4.32. The van der Waals surface area contributed by atoms with Gasteiger partial charge in [0.1, 0.15) is 0 Å². The standard InChI is InChI=1S/C19H24N6O2S/c26-9-11-3-5-25(6-4-11)19-20-15-7-13(10-27)28-17(15)18(22-19)21-16-8-14(23-24-16)12-1-2-12/h7-8,11-12,26-27H,1-6,9-10H2,(H2,20,21,22,23,24). The molecule has 0 unspecified atom stereocenters. The van der Waals surface area contributed by atoms with Crippen molar-refractivity contribution in [1.29, 1.82) is 0 Å². The highest BCUT2D eigenvalue weighted by Gasteiger charge is 2.26. The van der Waals surface area contributed by atoms with E-state index in [-0.39, 0.29) is 13.2 Å². The smallest absolute Gasteiger partial charge is 0.227 e. The fraction of sp³-hybridized carbons (Fsp3) is 0.526. The van der Waals surface area contributed by atoms with Crippen LogP contribution in [0.1, 0.15) is 42.2 Å². The average molecular weight is 401 g/mol. The van der Waals surface area contributed by atoms with E-state index in [1.54, 1.807) is 0 Å². The van der Waals surface area contributed by atoms with Gasteiger partial charge in [-0.2, -0.15) is 10.1 Å². The molecule has 0 amide bonds. The predicted molar refractivity (Wildman–Crippen MR) is 109 cm³/mol. The monoisotopic (exact) mass is 400 g/mol. The van der Waals surface area contributed by atoms with Gasteiger partial charge in [0, 0.05) is 42.3 Å². The van der Waals surface area contributed by atoms with Crippen LogP contribution in [0, 0.1) is 5.92 Å². The molecule has 2 aliphatic rings. The Morgan fingerprint density at radius 2 is 1.96 bits per heavy atom. The number of hydrogen-bond acceptors (Lipinski definition) is 8. The van der Waals surface area contributed by atoms with Gasteiger partial charge in [-0.15, -0.1) is 11.3 Å². The highest BCUT2D eigenvalue weighted by molar-refractivity contribution is 7.19. The minimum Gasteiger partial charge on any atom is -0.396 e. The van der Waals surface area contributed by atoms with E-state index in [4.69, 9.17) is 9.97 Å². The van der Waals surface area contributed by atoms with E-state index in [0.29, 0.717) is 17.8 Å². The number of nitrogens with one attached hydrogen (secondary N) is 2. The molecule has 148 valence electrons. The number of aromatic amines is 1. The number of thiophene rings is 1. The first-order chi connectivity index (χ1) is 13.7. The fourth-order valence-corrected chi connectivity index (χ4v) is 4.61. The molecule has 3 aromatic heterocycles. The lowest BCUT2D eigenvalue weighted by atomic mass is 9.98. The Balaban J connectivity index is 1.47. The molecule has 1 aliphatic carbocycles. The Morgan fingerprint density at radius 1 is 1.14 bits per heavy atom. The first-order valence-corrected chi connectivity index (χ1v) is 10.6. The van der Waals surface area contributed by atoms with Crippen molar-refractivity contribution in [1.82, 2.24) is 20.2 Å². The summed E-state index contributed by atoms with van der Waals surface area (Å²) in [4.78, 5) is 12.6. The fourth-order valence-electron chi connectivity index (χ4n) is 3.71. The summed E-state index contributed by atoms with van der Waals surface area (Å²) in [6, 6.07) is 3.98. The summed E-state index contributed by atoms with van der Waals surface area (Å²) < 4.78 is 0.925. The highest BCUT2D eigenvalue weighted by atomic mass is 32.1. The SMILES string of the molecule is OCc1cc2nc(N3CCC(CO)CC3)nc(Nc3cc(C4CC4)[nH]n3)c2s1. The molecule has 0 spiro atoms. The summed E-state index contributed by atoms with van der Waals surface area (Å²) >= 11 is 1.50. The highest BCUT2D eigenvalue weighted by Crippen LogP contribution is 2.40. The van der Waals surface area contributed by atoms with Gasteiger partial charge in [-0.3, -0.25) is 5.10 Å². The predicted octanol–water partition coefficient (Wildman–Crippen LogP) is 2.74. The quantitative estimate of drug-likeness (QED) is 0.503. The van der Waals surface area contributed by atoms with E-state index in [2.05, 4.69) is 26.5 Å². The van der Waals surface area contributed by atoms with E-state index >= 15 is 0 Å². The van der Waals surface area contributed by atoms with E-state index in [9.17, 15) is 10.2 Å². The van der Waals surface area contributed by atoms with Gasteiger partial charge in [0.15, 0.2) is 11.6 Å². The van der Waals surface area contributed by atoms with Crippen molar-refractivity contribution < 1.29 is 10.2 Å². The van der Waals surface area contributed by atoms with Crippen LogP contribution >= 0.6 is 11.3 Å². The van der Waals surface area contributed by atoms with E-state index in [1.165, 1.54) is 29.9 Å². The largest absolute Gasteiger partial charge is 0.396 e. The third-order valence-electron chi connectivity index (χ3n) is 5.58. The number of anilines is 3. The molecule has 5 rings (SSSR count). The normalized spacial score (nSPS) is 18.1. The number of piperidine rings is 1. The van der Waals surface area contributed by atoms with Crippen LogP contribution < -0.4 is 10.2 Å². The van der Waals surface area contributed by atoms with Gasteiger partial charge in [-0.05, 0) is 37.7 Å². The maximum absolute atomic E-state index is 9.56. The minimum atomic E-state index is -0.00801. The zero-order valence-electron chi connectivity index (χ0n) is 15.6. The molecule has 2 fully saturated rings. The molecule has 0 radical (unpaired) electrons. The number of aromatic nitrogens is 4. The maximum atomic E-state index is 9.56. The first-order valence-electron chi connectivity index (χ1n) is 9.83. The topological polar surface area (TPSA) is 110 Å². The van der Waals surface area contributed by atoms with Crippen molar-refractivity contribution >= 4 is 39.1 Å². The number of aliphatic hydroxyl groups is 2. The number of fused-ring (bicyclic) bond motifs is 1. The molecule has 4 heterocycles. The van der Waals surface area contributed by atoms with Crippen molar-refractivity contribution in [2.75, 3.05) is 29.9 Å². The summed E-state index contributed by atoms with van der Waals surface area (Å²) in [6.45, 7) is 1.90. The first kappa shape index (κ1) is 17.8. The molecule has 28 heavy (non-hydrogen) atoms. The van der Waals surface area contributed by atoms with Crippen molar-refractivity contribution in [3.8, 4) is 0 Å². The van der Waals surface area contributed by atoms with Crippen LogP contribution in [0.25, 0.3) is 10.2 Å². The molecular formula is C19H24N6O2S. The van der Waals surface area contributed by atoms with Gasteiger partial charge in [-0.25, -0.2) is 4.98 Å². The van der Waals surface area contributed by atoms with E-state index in [1.807, 2.05) is 6.07 Å². The molecule has 1 saturated heterocycles.